The van der Waals surface area contributed by atoms with Gasteiger partial charge in [0.25, 0.3) is 0 Å². The minimum absolute atomic E-state index is 0.332. The molecule has 0 aliphatic rings. The Balaban J connectivity index is 2.12. The molecule has 0 spiro atoms. The highest BCUT2D eigenvalue weighted by Gasteiger charge is 2.11. The van der Waals surface area contributed by atoms with Crippen molar-refractivity contribution < 1.29 is 14.6 Å². The van der Waals surface area contributed by atoms with Gasteiger partial charge < -0.3 is 15.6 Å². The quantitative estimate of drug-likeness (QED) is 0.875. The Morgan fingerprint density at radius 2 is 1.60 bits per heavy atom. The first-order valence-electron chi connectivity index (χ1n) is 6.32. The second-order valence-electron chi connectivity index (χ2n) is 4.57. The Morgan fingerprint density at radius 3 is 2.05 bits per heavy atom. The van der Waals surface area contributed by atoms with Gasteiger partial charge >= 0.3 is 5.97 Å². The van der Waals surface area contributed by atoms with E-state index >= 15 is 0 Å². The van der Waals surface area contributed by atoms with Gasteiger partial charge in [0.05, 0.1) is 7.11 Å². The Bertz CT molecular complexity index is 576. The van der Waals surface area contributed by atoms with E-state index in [4.69, 9.17) is 15.6 Å². The zero-order valence-corrected chi connectivity index (χ0v) is 11.2. The first kappa shape index (κ1) is 14.1. The van der Waals surface area contributed by atoms with Crippen LogP contribution in [0.2, 0.25) is 0 Å². The fraction of sp³-hybridized carbons (Fsp3) is 0.188. The van der Waals surface area contributed by atoms with Crippen LogP contribution in [-0.4, -0.2) is 24.2 Å². The molecule has 2 aromatic rings. The third-order valence-corrected chi connectivity index (χ3v) is 3.15. The maximum Gasteiger partial charge on any atom is 0.320 e. The molecule has 2 rings (SSSR count). The lowest BCUT2D eigenvalue weighted by molar-refractivity contribution is -0.138. The van der Waals surface area contributed by atoms with Crippen LogP contribution >= 0.6 is 0 Å². The summed E-state index contributed by atoms with van der Waals surface area (Å²) in [5.74, 6) is -0.165. The third-order valence-electron chi connectivity index (χ3n) is 3.15. The van der Waals surface area contributed by atoms with Gasteiger partial charge in [-0.05, 0) is 35.2 Å². The summed E-state index contributed by atoms with van der Waals surface area (Å²) in [5, 5.41) is 8.79. The molecule has 0 aliphatic heterocycles. The molecule has 0 saturated carbocycles. The topological polar surface area (TPSA) is 72.5 Å². The van der Waals surface area contributed by atoms with Gasteiger partial charge in [0, 0.05) is 0 Å². The van der Waals surface area contributed by atoms with Gasteiger partial charge in [-0.1, -0.05) is 36.4 Å². The minimum atomic E-state index is -0.982. The third kappa shape index (κ3) is 3.36. The number of nitrogens with two attached hydrogens (primary N) is 1. The van der Waals surface area contributed by atoms with Crippen LogP contribution in [0.4, 0.5) is 0 Å². The molecular weight excluding hydrogens is 254 g/mol. The van der Waals surface area contributed by atoms with E-state index in [1.165, 1.54) is 0 Å². The second kappa shape index (κ2) is 6.21. The molecule has 0 heterocycles. The summed E-state index contributed by atoms with van der Waals surface area (Å²) in [5.41, 5.74) is 8.58. The van der Waals surface area contributed by atoms with Gasteiger partial charge in [-0.2, -0.15) is 0 Å². The molecule has 0 radical (unpaired) electrons. The number of ether oxygens (including phenoxy) is 1. The van der Waals surface area contributed by atoms with Gasteiger partial charge in [0.1, 0.15) is 11.8 Å². The standard InChI is InChI=1S/C16H17NO3/c1-20-14-8-6-13(7-9-14)12-4-2-11(3-5-12)10-15(17)16(18)19/h2-9,15H,10,17H2,1H3,(H,18,19). The fourth-order valence-corrected chi connectivity index (χ4v) is 1.96. The molecule has 0 fully saturated rings. The minimum Gasteiger partial charge on any atom is -0.497 e. The maximum atomic E-state index is 10.7. The van der Waals surface area contributed by atoms with E-state index in [0.717, 1.165) is 22.4 Å². The predicted molar refractivity (Wildman–Crippen MR) is 77.7 cm³/mol. The van der Waals surface area contributed by atoms with Gasteiger partial charge in [-0.3, -0.25) is 4.79 Å². The number of carbonyl (C=O) groups is 1. The van der Waals surface area contributed by atoms with Crippen LogP contribution in [0, 0.1) is 0 Å². The average Bonchev–Trinajstić information content (AvgIpc) is 2.48. The summed E-state index contributed by atoms with van der Waals surface area (Å²) in [6.45, 7) is 0. The van der Waals surface area contributed by atoms with Crippen LogP contribution in [0.25, 0.3) is 11.1 Å². The number of carboxylic acids is 1. The number of benzene rings is 2. The van der Waals surface area contributed by atoms with E-state index in [9.17, 15) is 4.79 Å². The van der Waals surface area contributed by atoms with Crippen molar-refractivity contribution in [2.24, 2.45) is 5.73 Å². The summed E-state index contributed by atoms with van der Waals surface area (Å²) in [6, 6.07) is 14.7. The van der Waals surface area contributed by atoms with E-state index in [0.29, 0.717) is 6.42 Å². The lowest BCUT2D eigenvalue weighted by Crippen LogP contribution is -2.32. The van der Waals surface area contributed by atoms with Crippen molar-refractivity contribution in [3.8, 4) is 16.9 Å². The first-order valence-corrected chi connectivity index (χ1v) is 6.32. The van der Waals surface area contributed by atoms with Crippen molar-refractivity contribution in [3.63, 3.8) is 0 Å². The summed E-state index contributed by atoms with van der Waals surface area (Å²) in [6.07, 6.45) is 0.332. The van der Waals surface area contributed by atoms with Crippen LogP contribution in [0.5, 0.6) is 5.75 Å². The number of carboxylic acid groups (broad SMARTS) is 1. The number of rotatable bonds is 5. The van der Waals surface area contributed by atoms with Gasteiger partial charge in [-0.25, -0.2) is 0 Å². The number of hydrogen-bond acceptors (Lipinski definition) is 3. The Hall–Kier alpha value is -2.33. The Kier molecular flexibility index (Phi) is 4.38. The molecule has 4 nitrogen and oxygen atoms in total. The van der Waals surface area contributed by atoms with Crippen molar-refractivity contribution in [2.45, 2.75) is 12.5 Å². The molecule has 0 aromatic heterocycles. The zero-order valence-electron chi connectivity index (χ0n) is 11.2. The van der Waals surface area contributed by atoms with Crippen LogP contribution in [0.15, 0.2) is 48.5 Å². The molecule has 3 N–H and O–H groups in total. The molecule has 1 atom stereocenters. The van der Waals surface area contributed by atoms with E-state index in [1.807, 2.05) is 48.5 Å². The van der Waals surface area contributed by atoms with Crippen molar-refractivity contribution in [3.05, 3.63) is 54.1 Å². The summed E-state index contributed by atoms with van der Waals surface area (Å²) in [4.78, 5) is 10.7. The van der Waals surface area contributed by atoms with Crippen molar-refractivity contribution in [1.82, 2.24) is 0 Å². The molecule has 0 saturated heterocycles. The predicted octanol–water partition coefficient (Wildman–Crippen LogP) is 2.32. The highest BCUT2D eigenvalue weighted by Crippen LogP contribution is 2.22. The number of hydrogen-bond donors (Lipinski definition) is 2. The largest absolute Gasteiger partial charge is 0.497 e. The molecule has 20 heavy (non-hydrogen) atoms. The smallest absolute Gasteiger partial charge is 0.320 e. The van der Waals surface area contributed by atoms with E-state index in [2.05, 4.69) is 0 Å². The lowest BCUT2D eigenvalue weighted by Gasteiger charge is -2.08. The molecule has 0 aliphatic carbocycles. The molecule has 1 unspecified atom stereocenters. The van der Waals surface area contributed by atoms with Gasteiger partial charge in [-0.15, -0.1) is 0 Å². The summed E-state index contributed by atoms with van der Waals surface area (Å²) in [7, 11) is 1.63. The van der Waals surface area contributed by atoms with E-state index in [-0.39, 0.29) is 0 Å². The van der Waals surface area contributed by atoms with Crippen molar-refractivity contribution in [2.75, 3.05) is 7.11 Å². The van der Waals surface area contributed by atoms with Crippen LogP contribution < -0.4 is 10.5 Å². The second-order valence-corrected chi connectivity index (χ2v) is 4.57. The van der Waals surface area contributed by atoms with Crippen molar-refractivity contribution in [1.29, 1.82) is 0 Å². The Morgan fingerprint density at radius 1 is 1.10 bits per heavy atom. The van der Waals surface area contributed by atoms with Crippen LogP contribution in [0.3, 0.4) is 0 Å². The first-order chi connectivity index (χ1) is 9.60. The maximum absolute atomic E-state index is 10.7. The monoisotopic (exact) mass is 271 g/mol. The normalized spacial score (nSPS) is 11.9. The Labute approximate surface area is 117 Å². The van der Waals surface area contributed by atoms with E-state index < -0.39 is 12.0 Å². The number of methoxy groups -OCH3 is 1. The zero-order chi connectivity index (χ0) is 14.5. The molecule has 104 valence electrons. The molecule has 4 heteroatoms. The molecule has 2 aromatic carbocycles. The molecule has 0 bridgehead atoms. The summed E-state index contributed by atoms with van der Waals surface area (Å²) < 4.78 is 5.12. The molecule has 0 amide bonds. The van der Waals surface area contributed by atoms with Gasteiger partial charge in [0.2, 0.25) is 0 Å². The highest BCUT2D eigenvalue weighted by atomic mass is 16.5. The lowest BCUT2D eigenvalue weighted by atomic mass is 10.0. The SMILES string of the molecule is COc1ccc(-c2ccc(CC(N)C(=O)O)cc2)cc1. The average molecular weight is 271 g/mol. The van der Waals surface area contributed by atoms with E-state index in [1.54, 1.807) is 7.11 Å². The van der Waals surface area contributed by atoms with Crippen LogP contribution in [0.1, 0.15) is 5.56 Å². The summed E-state index contributed by atoms with van der Waals surface area (Å²) >= 11 is 0. The highest BCUT2D eigenvalue weighted by molar-refractivity contribution is 5.73. The van der Waals surface area contributed by atoms with Crippen molar-refractivity contribution >= 4 is 5.97 Å². The molecular formula is C16H17NO3. The van der Waals surface area contributed by atoms with Gasteiger partial charge in [0.15, 0.2) is 0 Å². The number of aliphatic carboxylic acids is 1. The van der Waals surface area contributed by atoms with Crippen LogP contribution in [-0.2, 0) is 11.2 Å². The fourth-order valence-electron chi connectivity index (χ4n) is 1.96.